The number of carbonyl (C=O) groups is 1. The van der Waals surface area contributed by atoms with Crippen molar-refractivity contribution in [1.82, 2.24) is 9.55 Å². The molecule has 10 heteroatoms. The molecule has 1 N–H and O–H groups in total. The van der Waals surface area contributed by atoms with Crippen LogP contribution in [0.5, 0.6) is 0 Å². The predicted molar refractivity (Wildman–Crippen MR) is 96.9 cm³/mol. The van der Waals surface area contributed by atoms with Gasteiger partial charge in [0.1, 0.15) is 6.54 Å². The first-order valence-corrected chi connectivity index (χ1v) is 8.77. The number of aromatic nitrogens is 2. The summed E-state index contributed by atoms with van der Waals surface area (Å²) >= 11 is 7.26. The van der Waals surface area contributed by atoms with Gasteiger partial charge in [-0.25, -0.2) is 4.98 Å². The van der Waals surface area contributed by atoms with Crippen LogP contribution in [0.4, 0.5) is 18.9 Å². The molecule has 0 saturated heterocycles. The van der Waals surface area contributed by atoms with Gasteiger partial charge in [-0.1, -0.05) is 17.7 Å². The summed E-state index contributed by atoms with van der Waals surface area (Å²) < 4.78 is 39.4. The van der Waals surface area contributed by atoms with Crippen LogP contribution in [0.15, 0.2) is 52.9 Å². The van der Waals surface area contributed by atoms with Crippen LogP contribution in [0.3, 0.4) is 0 Å². The SMILES string of the molecule is O=C(Cn1cnc(-c2cccs2)cc1=O)Nc1cc(C(F)(F)F)ccc1Cl. The van der Waals surface area contributed by atoms with Crippen molar-refractivity contribution in [1.29, 1.82) is 0 Å². The van der Waals surface area contributed by atoms with Crippen LogP contribution in [-0.2, 0) is 17.5 Å². The molecular weight excluding hydrogens is 403 g/mol. The first-order chi connectivity index (χ1) is 12.7. The third-order valence-corrected chi connectivity index (χ3v) is 4.76. The zero-order valence-corrected chi connectivity index (χ0v) is 15.0. The Morgan fingerprint density at radius 2 is 2.04 bits per heavy atom. The van der Waals surface area contributed by atoms with Crippen molar-refractivity contribution in [3.8, 4) is 10.6 Å². The van der Waals surface area contributed by atoms with E-state index in [0.717, 1.165) is 27.6 Å². The fourth-order valence-corrected chi connectivity index (χ4v) is 3.10. The molecular formula is C17H11ClF3N3O2S. The average Bonchev–Trinajstić information content (AvgIpc) is 3.12. The summed E-state index contributed by atoms with van der Waals surface area (Å²) in [5.41, 5.74) is -1.11. The molecule has 0 fully saturated rings. The van der Waals surface area contributed by atoms with Crippen molar-refractivity contribution in [3.63, 3.8) is 0 Å². The highest BCUT2D eigenvalue weighted by Gasteiger charge is 2.31. The summed E-state index contributed by atoms with van der Waals surface area (Å²) in [7, 11) is 0. The molecule has 0 aliphatic rings. The van der Waals surface area contributed by atoms with Crippen LogP contribution in [0.25, 0.3) is 10.6 Å². The van der Waals surface area contributed by atoms with E-state index in [1.807, 2.05) is 11.4 Å². The van der Waals surface area contributed by atoms with Crippen LogP contribution in [0, 0.1) is 0 Å². The highest BCUT2D eigenvalue weighted by atomic mass is 35.5. The number of hydrogen-bond donors (Lipinski definition) is 1. The second-order valence-corrected chi connectivity index (χ2v) is 6.81. The summed E-state index contributed by atoms with van der Waals surface area (Å²) in [5.74, 6) is -0.705. The van der Waals surface area contributed by atoms with Gasteiger partial charge >= 0.3 is 6.18 Å². The Morgan fingerprint density at radius 1 is 1.26 bits per heavy atom. The van der Waals surface area contributed by atoms with E-state index in [0.29, 0.717) is 5.69 Å². The molecule has 5 nitrogen and oxygen atoms in total. The van der Waals surface area contributed by atoms with E-state index in [1.54, 1.807) is 6.07 Å². The van der Waals surface area contributed by atoms with Gasteiger partial charge in [0.05, 0.1) is 33.2 Å². The monoisotopic (exact) mass is 413 g/mol. The molecule has 3 aromatic rings. The zero-order valence-electron chi connectivity index (χ0n) is 13.5. The number of anilines is 1. The second kappa shape index (κ2) is 7.53. The Labute approximate surface area is 160 Å². The molecule has 0 aliphatic carbocycles. The highest BCUT2D eigenvalue weighted by Crippen LogP contribution is 2.33. The van der Waals surface area contributed by atoms with Crippen molar-refractivity contribution in [2.24, 2.45) is 0 Å². The Bertz CT molecular complexity index is 1030. The lowest BCUT2D eigenvalue weighted by atomic mass is 10.2. The maximum atomic E-state index is 12.8. The van der Waals surface area contributed by atoms with Gasteiger partial charge in [-0.15, -0.1) is 11.3 Å². The molecule has 0 spiro atoms. The van der Waals surface area contributed by atoms with E-state index in [1.165, 1.54) is 23.7 Å². The maximum absolute atomic E-state index is 12.8. The third-order valence-electron chi connectivity index (χ3n) is 3.53. The molecule has 0 unspecified atom stereocenters. The minimum atomic E-state index is -4.57. The number of thiophene rings is 1. The first kappa shape index (κ1) is 19.1. The fourth-order valence-electron chi connectivity index (χ4n) is 2.25. The van der Waals surface area contributed by atoms with Crippen molar-refractivity contribution in [2.75, 3.05) is 5.32 Å². The number of nitrogens with one attached hydrogen (secondary N) is 1. The van der Waals surface area contributed by atoms with Crippen LogP contribution >= 0.6 is 22.9 Å². The Kier molecular flexibility index (Phi) is 5.33. The number of hydrogen-bond acceptors (Lipinski definition) is 4. The number of alkyl halides is 3. The van der Waals surface area contributed by atoms with Gasteiger partial charge in [0, 0.05) is 6.07 Å². The summed E-state index contributed by atoms with van der Waals surface area (Å²) in [6.07, 6.45) is -3.35. The summed E-state index contributed by atoms with van der Waals surface area (Å²) in [6, 6.07) is 7.51. The van der Waals surface area contributed by atoms with Gasteiger partial charge in [0.25, 0.3) is 5.56 Å². The molecule has 0 bridgehead atoms. The van der Waals surface area contributed by atoms with Crippen LogP contribution < -0.4 is 10.9 Å². The Hall–Kier alpha value is -2.65. The first-order valence-electron chi connectivity index (χ1n) is 7.51. The van der Waals surface area contributed by atoms with Gasteiger partial charge in [0.15, 0.2) is 0 Å². The minimum absolute atomic E-state index is 0.0464. The number of carbonyl (C=O) groups excluding carboxylic acids is 1. The van der Waals surface area contributed by atoms with Crippen molar-refractivity contribution in [2.45, 2.75) is 12.7 Å². The topological polar surface area (TPSA) is 64.0 Å². The molecule has 1 amide bonds. The van der Waals surface area contributed by atoms with Gasteiger partial charge in [0.2, 0.25) is 5.91 Å². The quantitative estimate of drug-likeness (QED) is 0.694. The lowest BCUT2D eigenvalue weighted by Gasteiger charge is -2.12. The van der Waals surface area contributed by atoms with Gasteiger partial charge in [-0.05, 0) is 29.6 Å². The number of amides is 1. The second-order valence-electron chi connectivity index (χ2n) is 5.46. The number of rotatable bonds is 4. The summed E-state index contributed by atoms with van der Waals surface area (Å²) in [6.45, 7) is -0.414. The molecule has 140 valence electrons. The lowest BCUT2D eigenvalue weighted by molar-refractivity contribution is -0.137. The van der Waals surface area contributed by atoms with Crippen molar-refractivity contribution >= 4 is 34.5 Å². The summed E-state index contributed by atoms with van der Waals surface area (Å²) in [5, 5.41) is 4.08. The summed E-state index contributed by atoms with van der Waals surface area (Å²) in [4.78, 5) is 29.2. The van der Waals surface area contributed by atoms with Gasteiger partial charge in [-0.3, -0.25) is 14.2 Å². The maximum Gasteiger partial charge on any atom is 0.416 e. The van der Waals surface area contributed by atoms with E-state index in [2.05, 4.69) is 10.3 Å². The fraction of sp³-hybridized carbons (Fsp3) is 0.118. The van der Waals surface area contributed by atoms with Crippen molar-refractivity contribution < 1.29 is 18.0 Å². The van der Waals surface area contributed by atoms with E-state index in [-0.39, 0.29) is 10.7 Å². The molecule has 0 aliphatic heterocycles. The number of halogens is 4. The molecule has 27 heavy (non-hydrogen) atoms. The van der Waals surface area contributed by atoms with E-state index in [4.69, 9.17) is 11.6 Å². The molecule has 0 atom stereocenters. The molecule has 0 radical (unpaired) electrons. The van der Waals surface area contributed by atoms with Crippen LogP contribution in [0.1, 0.15) is 5.56 Å². The van der Waals surface area contributed by atoms with E-state index >= 15 is 0 Å². The Balaban J connectivity index is 1.76. The van der Waals surface area contributed by atoms with E-state index in [9.17, 15) is 22.8 Å². The van der Waals surface area contributed by atoms with Gasteiger partial charge in [-0.2, -0.15) is 13.2 Å². The third kappa shape index (κ3) is 4.55. The molecule has 3 rings (SSSR count). The smallest absolute Gasteiger partial charge is 0.323 e. The average molecular weight is 414 g/mol. The predicted octanol–water partition coefficient (Wildman–Crippen LogP) is 4.28. The number of nitrogens with zero attached hydrogens (tertiary/aromatic N) is 2. The largest absolute Gasteiger partial charge is 0.416 e. The zero-order chi connectivity index (χ0) is 19.6. The molecule has 1 aromatic carbocycles. The van der Waals surface area contributed by atoms with Crippen LogP contribution in [0.2, 0.25) is 5.02 Å². The molecule has 2 heterocycles. The minimum Gasteiger partial charge on any atom is -0.323 e. The van der Waals surface area contributed by atoms with E-state index < -0.39 is 29.8 Å². The van der Waals surface area contributed by atoms with Gasteiger partial charge < -0.3 is 5.32 Å². The lowest BCUT2D eigenvalue weighted by Crippen LogP contribution is -2.27. The standard InChI is InChI=1S/C17H11ClF3N3O2S/c18-11-4-3-10(17(19,20)21)6-12(11)23-15(25)8-24-9-22-13(7-16(24)26)14-2-1-5-27-14/h1-7,9H,8H2,(H,23,25). The highest BCUT2D eigenvalue weighted by molar-refractivity contribution is 7.13. The molecule has 0 saturated carbocycles. The van der Waals surface area contributed by atoms with Crippen molar-refractivity contribution in [3.05, 3.63) is 69.0 Å². The number of benzene rings is 1. The normalized spacial score (nSPS) is 11.4. The van der Waals surface area contributed by atoms with Crippen LogP contribution in [-0.4, -0.2) is 15.5 Å². The Morgan fingerprint density at radius 3 is 2.67 bits per heavy atom. The molecule has 2 aromatic heterocycles.